The van der Waals surface area contributed by atoms with Gasteiger partial charge in [-0.15, -0.1) is 0 Å². The first-order valence-corrected chi connectivity index (χ1v) is 9.31. The molecule has 0 bridgehead atoms. The summed E-state index contributed by atoms with van der Waals surface area (Å²) in [5, 5.41) is 3.17. The fourth-order valence-electron chi connectivity index (χ4n) is 4.12. The highest BCUT2D eigenvalue weighted by Crippen LogP contribution is 2.31. The average molecular weight is 352 g/mol. The van der Waals surface area contributed by atoms with Gasteiger partial charge < -0.3 is 14.8 Å². The van der Waals surface area contributed by atoms with Crippen LogP contribution in [0.3, 0.4) is 0 Å². The largest absolute Gasteiger partial charge is 0.351 e. The maximum Gasteiger partial charge on any atom is 0.254 e. The summed E-state index contributed by atoms with van der Waals surface area (Å²) >= 11 is 0. The van der Waals surface area contributed by atoms with E-state index >= 15 is 0 Å². The fraction of sp³-hybridized carbons (Fsp3) is 0.450. The Labute approximate surface area is 153 Å². The highest BCUT2D eigenvalue weighted by molar-refractivity contribution is 5.98. The van der Waals surface area contributed by atoms with Gasteiger partial charge in [0.05, 0.1) is 17.7 Å². The molecule has 1 aromatic heterocycles. The van der Waals surface area contributed by atoms with Crippen LogP contribution in [0.15, 0.2) is 36.7 Å². The van der Waals surface area contributed by atoms with Gasteiger partial charge in [0.15, 0.2) is 6.04 Å². The van der Waals surface area contributed by atoms with Gasteiger partial charge in [-0.2, -0.15) is 0 Å². The lowest BCUT2D eigenvalue weighted by Crippen LogP contribution is -2.49. The molecule has 2 aromatic rings. The van der Waals surface area contributed by atoms with Gasteiger partial charge in [-0.05, 0) is 25.0 Å². The van der Waals surface area contributed by atoms with Crippen molar-refractivity contribution >= 4 is 11.8 Å². The van der Waals surface area contributed by atoms with Crippen LogP contribution >= 0.6 is 0 Å². The highest BCUT2D eigenvalue weighted by atomic mass is 16.2. The Kier molecular flexibility index (Phi) is 4.49. The van der Waals surface area contributed by atoms with E-state index in [-0.39, 0.29) is 17.9 Å². The third kappa shape index (κ3) is 3.00. The second-order valence-electron chi connectivity index (χ2n) is 7.19. The van der Waals surface area contributed by atoms with E-state index in [4.69, 9.17) is 0 Å². The van der Waals surface area contributed by atoms with Gasteiger partial charge >= 0.3 is 0 Å². The van der Waals surface area contributed by atoms with E-state index in [1.165, 1.54) is 0 Å². The molecule has 2 heterocycles. The van der Waals surface area contributed by atoms with Crippen molar-refractivity contribution in [1.82, 2.24) is 19.8 Å². The Bertz CT molecular complexity index is 808. The zero-order valence-electron chi connectivity index (χ0n) is 15.0. The third-order valence-corrected chi connectivity index (χ3v) is 5.45. The summed E-state index contributed by atoms with van der Waals surface area (Å²) in [4.78, 5) is 32.4. The number of amides is 2. The highest BCUT2D eigenvalue weighted by Gasteiger charge is 2.39. The molecule has 0 spiro atoms. The number of nitrogens with one attached hydrogen (secondary N) is 1. The van der Waals surface area contributed by atoms with Crippen LogP contribution in [0.25, 0.3) is 0 Å². The molecule has 1 N–H and O–H groups in total. The van der Waals surface area contributed by atoms with E-state index < -0.39 is 6.04 Å². The van der Waals surface area contributed by atoms with Crippen LogP contribution in [0.5, 0.6) is 0 Å². The average Bonchev–Trinajstić information content (AvgIpc) is 3.31. The molecule has 0 saturated heterocycles. The van der Waals surface area contributed by atoms with E-state index in [1.54, 1.807) is 23.4 Å². The smallest absolute Gasteiger partial charge is 0.254 e. The maximum atomic E-state index is 13.2. The Balaban J connectivity index is 1.67. The molecule has 6 heteroatoms. The van der Waals surface area contributed by atoms with Crippen molar-refractivity contribution in [2.24, 2.45) is 7.05 Å². The van der Waals surface area contributed by atoms with Crippen molar-refractivity contribution in [2.45, 2.75) is 44.2 Å². The SMILES string of the molecule is Cn1cnc2c1[C@H](C(=O)NC1CCCC1)N(C(=O)c1ccccc1)CC2. The summed E-state index contributed by atoms with van der Waals surface area (Å²) in [7, 11) is 1.89. The first-order valence-electron chi connectivity index (χ1n) is 9.31. The number of imidazole rings is 1. The summed E-state index contributed by atoms with van der Waals surface area (Å²) in [6.45, 7) is 0.500. The molecule has 0 unspecified atom stereocenters. The second-order valence-corrected chi connectivity index (χ2v) is 7.19. The minimum atomic E-state index is -0.625. The van der Waals surface area contributed by atoms with Crippen molar-refractivity contribution in [1.29, 1.82) is 0 Å². The maximum absolute atomic E-state index is 13.2. The van der Waals surface area contributed by atoms with E-state index in [0.29, 0.717) is 18.5 Å². The van der Waals surface area contributed by atoms with Gasteiger partial charge in [0.25, 0.3) is 5.91 Å². The molecule has 1 fully saturated rings. The van der Waals surface area contributed by atoms with Gasteiger partial charge in [0, 0.05) is 31.6 Å². The standard InChI is InChI=1S/C20H24N4O2/c1-23-13-21-16-11-12-24(20(26)14-7-3-2-4-8-14)18(17(16)23)19(25)22-15-9-5-6-10-15/h2-4,7-8,13,15,18H,5-6,9-12H2,1H3,(H,22,25)/t18-/m1/s1. The van der Waals surface area contributed by atoms with Crippen LogP contribution in [0.2, 0.25) is 0 Å². The molecule has 1 aliphatic heterocycles. The molecule has 1 saturated carbocycles. The number of fused-ring (bicyclic) bond motifs is 1. The number of hydrogen-bond acceptors (Lipinski definition) is 3. The second kappa shape index (κ2) is 6.94. The first-order chi connectivity index (χ1) is 12.6. The zero-order chi connectivity index (χ0) is 18.1. The van der Waals surface area contributed by atoms with Crippen molar-refractivity contribution in [3.8, 4) is 0 Å². The van der Waals surface area contributed by atoms with E-state index in [9.17, 15) is 9.59 Å². The lowest BCUT2D eigenvalue weighted by Gasteiger charge is -2.35. The third-order valence-electron chi connectivity index (χ3n) is 5.45. The van der Waals surface area contributed by atoms with E-state index in [0.717, 1.165) is 37.1 Å². The van der Waals surface area contributed by atoms with Gasteiger partial charge in [-0.3, -0.25) is 9.59 Å². The molecule has 2 aliphatic rings. The predicted molar refractivity (Wildman–Crippen MR) is 97.5 cm³/mol. The quantitative estimate of drug-likeness (QED) is 0.921. The molecular weight excluding hydrogens is 328 g/mol. The van der Waals surface area contributed by atoms with Crippen molar-refractivity contribution in [3.05, 3.63) is 53.6 Å². The molecule has 136 valence electrons. The molecule has 26 heavy (non-hydrogen) atoms. The first kappa shape index (κ1) is 16.8. The van der Waals surface area contributed by atoms with E-state index in [2.05, 4.69) is 10.3 Å². The minimum absolute atomic E-state index is 0.0919. The van der Waals surface area contributed by atoms with Crippen LogP contribution in [0.1, 0.15) is 53.5 Å². The predicted octanol–water partition coefficient (Wildman–Crippen LogP) is 2.22. The van der Waals surface area contributed by atoms with Crippen molar-refractivity contribution in [2.75, 3.05) is 6.54 Å². The van der Waals surface area contributed by atoms with Crippen LogP contribution in [-0.4, -0.2) is 38.9 Å². The van der Waals surface area contributed by atoms with Crippen molar-refractivity contribution in [3.63, 3.8) is 0 Å². The number of rotatable bonds is 3. The molecule has 1 aromatic carbocycles. The fourth-order valence-corrected chi connectivity index (χ4v) is 4.12. The zero-order valence-corrected chi connectivity index (χ0v) is 15.0. The minimum Gasteiger partial charge on any atom is -0.351 e. The summed E-state index contributed by atoms with van der Waals surface area (Å²) in [5.74, 6) is -0.199. The van der Waals surface area contributed by atoms with Crippen LogP contribution in [0, 0.1) is 0 Å². The number of benzene rings is 1. The van der Waals surface area contributed by atoms with Gasteiger partial charge in [0.1, 0.15) is 0 Å². The Morgan fingerprint density at radius 3 is 2.62 bits per heavy atom. The summed E-state index contributed by atoms with van der Waals surface area (Å²) < 4.78 is 1.87. The summed E-state index contributed by atoms with van der Waals surface area (Å²) in [6.07, 6.45) is 6.74. The Morgan fingerprint density at radius 2 is 1.88 bits per heavy atom. The Hall–Kier alpha value is -2.63. The molecule has 6 nitrogen and oxygen atoms in total. The van der Waals surface area contributed by atoms with Gasteiger partial charge in [-0.25, -0.2) is 4.98 Å². The topological polar surface area (TPSA) is 67.2 Å². The molecular formula is C20H24N4O2. The van der Waals surface area contributed by atoms with E-state index in [1.807, 2.05) is 29.8 Å². The number of carbonyl (C=O) groups excluding carboxylic acids is 2. The number of hydrogen-bond donors (Lipinski definition) is 1. The number of carbonyl (C=O) groups is 2. The molecule has 4 rings (SSSR count). The molecule has 1 aliphatic carbocycles. The molecule has 2 amide bonds. The van der Waals surface area contributed by atoms with Crippen LogP contribution in [0.4, 0.5) is 0 Å². The summed E-state index contributed by atoms with van der Waals surface area (Å²) in [5.41, 5.74) is 2.35. The monoisotopic (exact) mass is 352 g/mol. The molecule has 0 radical (unpaired) electrons. The number of aromatic nitrogens is 2. The van der Waals surface area contributed by atoms with Gasteiger partial charge in [0.2, 0.25) is 5.91 Å². The summed E-state index contributed by atoms with van der Waals surface area (Å²) in [6, 6.07) is 8.77. The van der Waals surface area contributed by atoms with Crippen molar-refractivity contribution < 1.29 is 9.59 Å². The molecule has 1 atom stereocenters. The lowest BCUT2D eigenvalue weighted by molar-refractivity contribution is -0.127. The van der Waals surface area contributed by atoms with Crippen LogP contribution < -0.4 is 5.32 Å². The number of nitrogens with zero attached hydrogens (tertiary/aromatic N) is 3. The lowest BCUT2D eigenvalue weighted by atomic mass is 9.99. The van der Waals surface area contributed by atoms with Crippen LogP contribution in [-0.2, 0) is 18.3 Å². The Morgan fingerprint density at radius 1 is 1.15 bits per heavy atom. The van der Waals surface area contributed by atoms with Gasteiger partial charge in [-0.1, -0.05) is 31.0 Å². The normalized spacial score (nSPS) is 20.0. The number of aryl methyl sites for hydroxylation is 1.